The molecule has 0 atom stereocenters. The zero-order chi connectivity index (χ0) is 19.6. The van der Waals surface area contributed by atoms with Crippen molar-refractivity contribution in [3.8, 4) is 0 Å². The SMILES string of the molecule is CN(c1ccc(C(=O)NCc2ccc3ccccc3c2)c(Cl)c1)S(C)(=O)=O. The Labute approximate surface area is 163 Å². The first-order valence-corrected chi connectivity index (χ1v) is 10.5. The Kier molecular flexibility index (Phi) is 5.39. The predicted octanol–water partition coefficient (Wildman–Crippen LogP) is 3.82. The zero-order valence-corrected chi connectivity index (χ0v) is 16.5. The predicted molar refractivity (Wildman–Crippen MR) is 110 cm³/mol. The number of rotatable bonds is 5. The van der Waals surface area contributed by atoms with E-state index in [4.69, 9.17) is 11.6 Å². The summed E-state index contributed by atoms with van der Waals surface area (Å²) in [4.78, 5) is 12.5. The van der Waals surface area contributed by atoms with Gasteiger partial charge in [-0.05, 0) is 40.6 Å². The molecule has 7 heteroatoms. The second-order valence-electron chi connectivity index (χ2n) is 6.26. The third-order valence-electron chi connectivity index (χ3n) is 4.33. The van der Waals surface area contributed by atoms with Crippen LogP contribution in [-0.2, 0) is 16.6 Å². The van der Waals surface area contributed by atoms with Gasteiger partial charge < -0.3 is 5.32 Å². The average Bonchev–Trinajstić information content (AvgIpc) is 2.64. The van der Waals surface area contributed by atoms with Gasteiger partial charge in [0.2, 0.25) is 10.0 Å². The fourth-order valence-corrected chi connectivity index (χ4v) is 3.46. The third-order valence-corrected chi connectivity index (χ3v) is 5.84. The molecule has 3 rings (SSSR count). The third kappa shape index (κ3) is 4.40. The van der Waals surface area contributed by atoms with E-state index in [1.54, 1.807) is 6.07 Å². The van der Waals surface area contributed by atoms with Gasteiger partial charge in [0, 0.05) is 13.6 Å². The maximum atomic E-state index is 12.5. The summed E-state index contributed by atoms with van der Waals surface area (Å²) in [5.74, 6) is -0.318. The maximum absolute atomic E-state index is 12.5. The quantitative estimate of drug-likeness (QED) is 0.705. The van der Waals surface area contributed by atoms with Crippen LogP contribution in [-0.4, -0.2) is 27.6 Å². The number of hydrogen-bond donors (Lipinski definition) is 1. The van der Waals surface area contributed by atoms with Crippen LogP contribution in [0.3, 0.4) is 0 Å². The highest BCUT2D eigenvalue weighted by Gasteiger charge is 2.16. The number of nitrogens with zero attached hydrogens (tertiary/aromatic N) is 1. The highest BCUT2D eigenvalue weighted by molar-refractivity contribution is 7.92. The molecular weight excluding hydrogens is 384 g/mol. The van der Waals surface area contributed by atoms with Crippen molar-refractivity contribution in [1.29, 1.82) is 0 Å². The summed E-state index contributed by atoms with van der Waals surface area (Å²) in [5, 5.41) is 5.28. The molecule has 3 aromatic rings. The Hall–Kier alpha value is -2.57. The highest BCUT2D eigenvalue weighted by atomic mass is 35.5. The molecule has 0 fully saturated rings. The standard InChI is InChI=1S/C20H19ClN2O3S/c1-23(27(2,25)26)17-9-10-18(19(21)12-17)20(24)22-13-14-7-8-15-5-3-4-6-16(15)11-14/h3-12H,13H2,1-2H3,(H,22,24). The van der Waals surface area contributed by atoms with Crippen LogP contribution in [0.2, 0.25) is 5.02 Å². The van der Waals surface area contributed by atoms with Gasteiger partial charge >= 0.3 is 0 Å². The van der Waals surface area contributed by atoms with E-state index in [-0.39, 0.29) is 10.9 Å². The number of anilines is 1. The molecule has 0 unspecified atom stereocenters. The van der Waals surface area contributed by atoms with E-state index in [1.165, 1.54) is 19.2 Å². The molecule has 0 aliphatic carbocycles. The first-order chi connectivity index (χ1) is 12.8. The molecule has 0 aliphatic heterocycles. The summed E-state index contributed by atoms with van der Waals surface area (Å²) >= 11 is 6.20. The number of nitrogens with one attached hydrogen (secondary N) is 1. The molecule has 0 radical (unpaired) electrons. The zero-order valence-electron chi connectivity index (χ0n) is 14.9. The maximum Gasteiger partial charge on any atom is 0.253 e. The van der Waals surface area contributed by atoms with Gasteiger partial charge in [0.15, 0.2) is 0 Å². The lowest BCUT2D eigenvalue weighted by Gasteiger charge is -2.17. The molecule has 1 N–H and O–H groups in total. The van der Waals surface area contributed by atoms with Crippen molar-refractivity contribution < 1.29 is 13.2 Å². The minimum absolute atomic E-state index is 0.194. The van der Waals surface area contributed by atoms with Crippen LogP contribution in [0.15, 0.2) is 60.7 Å². The Balaban J connectivity index is 1.73. The monoisotopic (exact) mass is 402 g/mol. The van der Waals surface area contributed by atoms with E-state index < -0.39 is 10.0 Å². The van der Waals surface area contributed by atoms with Gasteiger partial charge in [0.05, 0.1) is 22.5 Å². The minimum Gasteiger partial charge on any atom is -0.348 e. The summed E-state index contributed by atoms with van der Waals surface area (Å²) < 4.78 is 24.3. The van der Waals surface area contributed by atoms with Gasteiger partial charge in [0.25, 0.3) is 5.91 Å². The number of carbonyl (C=O) groups is 1. The van der Waals surface area contributed by atoms with Crippen LogP contribution in [0.1, 0.15) is 15.9 Å². The van der Waals surface area contributed by atoms with Gasteiger partial charge in [-0.25, -0.2) is 8.42 Å². The van der Waals surface area contributed by atoms with Crippen LogP contribution >= 0.6 is 11.6 Å². The van der Waals surface area contributed by atoms with Crippen molar-refractivity contribution in [3.05, 3.63) is 76.8 Å². The lowest BCUT2D eigenvalue weighted by Crippen LogP contribution is -2.26. The van der Waals surface area contributed by atoms with Crippen LogP contribution in [0, 0.1) is 0 Å². The molecule has 27 heavy (non-hydrogen) atoms. The molecule has 140 valence electrons. The molecule has 5 nitrogen and oxygen atoms in total. The second kappa shape index (κ2) is 7.58. The number of amides is 1. The largest absolute Gasteiger partial charge is 0.348 e. The van der Waals surface area contributed by atoms with E-state index in [0.717, 1.165) is 26.9 Å². The van der Waals surface area contributed by atoms with E-state index in [0.29, 0.717) is 17.8 Å². The molecule has 0 spiro atoms. The fourth-order valence-electron chi connectivity index (χ4n) is 2.70. The number of sulfonamides is 1. The van der Waals surface area contributed by atoms with Crippen LogP contribution in [0.25, 0.3) is 10.8 Å². The summed E-state index contributed by atoms with van der Waals surface area (Å²) in [7, 11) is -1.96. The normalized spacial score (nSPS) is 11.4. The van der Waals surface area contributed by atoms with E-state index in [1.807, 2.05) is 42.5 Å². The van der Waals surface area contributed by atoms with Crippen molar-refractivity contribution in [2.45, 2.75) is 6.54 Å². The van der Waals surface area contributed by atoms with Gasteiger partial charge in [-0.1, -0.05) is 48.0 Å². The number of hydrogen-bond acceptors (Lipinski definition) is 3. The van der Waals surface area contributed by atoms with Crippen LogP contribution in [0.5, 0.6) is 0 Å². The van der Waals surface area contributed by atoms with Gasteiger partial charge in [-0.2, -0.15) is 0 Å². The van der Waals surface area contributed by atoms with E-state index >= 15 is 0 Å². The van der Waals surface area contributed by atoms with Crippen LogP contribution < -0.4 is 9.62 Å². The second-order valence-corrected chi connectivity index (χ2v) is 8.68. The van der Waals surface area contributed by atoms with Gasteiger partial charge in [-0.15, -0.1) is 0 Å². The summed E-state index contributed by atoms with van der Waals surface area (Å²) in [6.07, 6.45) is 1.10. The molecular formula is C20H19ClN2O3S. The van der Waals surface area contributed by atoms with Gasteiger partial charge in [0.1, 0.15) is 0 Å². The number of fused-ring (bicyclic) bond motifs is 1. The molecule has 0 heterocycles. The molecule has 0 bridgehead atoms. The molecule has 0 aromatic heterocycles. The van der Waals surface area contributed by atoms with Crippen molar-refractivity contribution in [2.75, 3.05) is 17.6 Å². The average molecular weight is 403 g/mol. The van der Waals surface area contributed by atoms with Crippen LogP contribution in [0.4, 0.5) is 5.69 Å². The van der Waals surface area contributed by atoms with Gasteiger partial charge in [-0.3, -0.25) is 9.10 Å². The first-order valence-electron chi connectivity index (χ1n) is 8.25. The lowest BCUT2D eigenvalue weighted by molar-refractivity contribution is 0.0951. The smallest absolute Gasteiger partial charge is 0.253 e. The summed E-state index contributed by atoms with van der Waals surface area (Å²) in [5.41, 5.74) is 1.67. The van der Waals surface area contributed by atoms with E-state index in [9.17, 15) is 13.2 Å². The molecule has 1 amide bonds. The molecule has 0 saturated heterocycles. The molecule has 0 aliphatic rings. The lowest BCUT2D eigenvalue weighted by atomic mass is 10.1. The topological polar surface area (TPSA) is 66.5 Å². The Morgan fingerprint density at radius 1 is 1.04 bits per heavy atom. The number of carbonyl (C=O) groups excluding carboxylic acids is 1. The molecule has 3 aromatic carbocycles. The fraction of sp³-hybridized carbons (Fsp3) is 0.150. The van der Waals surface area contributed by atoms with Crippen molar-refractivity contribution in [2.24, 2.45) is 0 Å². The van der Waals surface area contributed by atoms with E-state index in [2.05, 4.69) is 5.32 Å². The Morgan fingerprint density at radius 2 is 1.74 bits per heavy atom. The minimum atomic E-state index is -3.40. The van der Waals surface area contributed by atoms with Crippen molar-refractivity contribution in [1.82, 2.24) is 5.32 Å². The number of benzene rings is 3. The Morgan fingerprint density at radius 3 is 2.41 bits per heavy atom. The summed E-state index contributed by atoms with van der Waals surface area (Å²) in [6, 6.07) is 18.6. The summed E-state index contributed by atoms with van der Waals surface area (Å²) in [6.45, 7) is 0.366. The van der Waals surface area contributed by atoms with Crippen molar-refractivity contribution >= 4 is 44.0 Å². The molecule has 0 saturated carbocycles. The first kappa shape index (κ1) is 19.2. The Bertz CT molecular complexity index is 1110. The van der Waals surface area contributed by atoms with Crippen molar-refractivity contribution in [3.63, 3.8) is 0 Å². The number of halogens is 1. The highest BCUT2D eigenvalue weighted by Crippen LogP contribution is 2.24.